The van der Waals surface area contributed by atoms with Crippen LogP contribution in [0.25, 0.3) is 17.1 Å². The SMILES string of the molecule is CCNC(=S)NNC(=O)CSc1nnc(-c2ccccc2)n1-c1ccc(Br)cc1. The number of halogens is 1. The Morgan fingerprint density at radius 2 is 1.83 bits per heavy atom. The van der Waals surface area contributed by atoms with Gasteiger partial charge in [0.2, 0.25) is 5.91 Å². The van der Waals surface area contributed by atoms with Crippen LogP contribution in [-0.2, 0) is 4.79 Å². The second kappa shape index (κ2) is 10.4. The van der Waals surface area contributed by atoms with Crippen molar-refractivity contribution < 1.29 is 4.79 Å². The fourth-order valence-corrected chi connectivity index (χ4v) is 3.67. The fourth-order valence-electron chi connectivity index (χ4n) is 2.46. The molecule has 0 fully saturated rings. The van der Waals surface area contributed by atoms with Gasteiger partial charge in [-0.2, -0.15) is 0 Å². The number of thioether (sulfide) groups is 1. The first-order chi connectivity index (χ1) is 14.1. The van der Waals surface area contributed by atoms with Crippen LogP contribution in [0.15, 0.2) is 64.2 Å². The monoisotopic (exact) mass is 490 g/mol. The minimum absolute atomic E-state index is 0.158. The van der Waals surface area contributed by atoms with E-state index in [1.165, 1.54) is 11.8 Å². The molecule has 10 heteroatoms. The maximum atomic E-state index is 12.1. The summed E-state index contributed by atoms with van der Waals surface area (Å²) in [6.45, 7) is 2.60. The zero-order chi connectivity index (χ0) is 20.6. The summed E-state index contributed by atoms with van der Waals surface area (Å²) < 4.78 is 2.92. The summed E-state index contributed by atoms with van der Waals surface area (Å²) >= 11 is 9.78. The summed E-state index contributed by atoms with van der Waals surface area (Å²) in [5, 5.41) is 12.6. The smallest absolute Gasteiger partial charge is 0.248 e. The summed E-state index contributed by atoms with van der Waals surface area (Å²) in [5.74, 6) is 0.648. The number of carbonyl (C=O) groups excluding carboxylic acids is 1. The number of carbonyl (C=O) groups is 1. The van der Waals surface area contributed by atoms with Gasteiger partial charge in [0.1, 0.15) is 0 Å². The molecule has 3 aromatic rings. The van der Waals surface area contributed by atoms with Gasteiger partial charge in [-0.1, -0.05) is 58.0 Å². The third-order valence-corrected chi connectivity index (χ3v) is 5.44. The van der Waals surface area contributed by atoms with Crippen molar-refractivity contribution in [2.45, 2.75) is 12.1 Å². The van der Waals surface area contributed by atoms with E-state index in [9.17, 15) is 4.79 Å². The predicted octanol–water partition coefficient (Wildman–Crippen LogP) is 3.30. The zero-order valence-electron chi connectivity index (χ0n) is 15.6. The first-order valence-electron chi connectivity index (χ1n) is 8.80. The molecule has 0 radical (unpaired) electrons. The second-order valence-corrected chi connectivity index (χ2v) is 8.07. The highest BCUT2D eigenvalue weighted by molar-refractivity contribution is 9.10. The summed E-state index contributed by atoms with van der Waals surface area (Å²) in [5.41, 5.74) is 7.08. The Hall–Kier alpha value is -2.43. The normalized spacial score (nSPS) is 10.4. The Morgan fingerprint density at radius 3 is 2.52 bits per heavy atom. The van der Waals surface area contributed by atoms with Gasteiger partial charge in [-0.05, 0) is 43.4 Å². The second-order valence-electron chi connectivity index (χ2n) is 5.81. The van der Waals surface area contributed by atoms with E-state index in [0.29, 0.717) is 22.6 Å². The summed E-state index contributed by atoms with van der Waals surface area (Å²) in [7, 11) is 0. The van der Waals surface area contributed by atoms with Gasteiger partial charge < -0.3 is 5.32 Å². The van der Waals surface area contributed by atoms with Crippen molar-refractivity contribution in [1.82, 2.24) is 30.9 Å². The van der Waals surface area contributed by atoms with Crippen LogP contribution in [0.3, 0.4) is 0 Å². The number of rotatable bonds is 6. The maximum Gasteiger partial charge on any atom is 0.248 e. The molecule has 0 spiro atoms. The molecule has 2 aromatic carbocycles. The van der Waals surface area contributed by atoms with Gasteiger partial charge in [-0.25, -0.2) is 0 Å². The van der Waals surface area contributed by atoms with Crippen LogP contribution >= 0.6 is 39.9 Å². The van der Waals surface area contributed by atoms with Crippen molar-refractivity contribution in [1.29, 1.82) is 0 Å². The minimum Gasteiger partial charge on any atom is -0.362 e. The average molecular weight is 491 g/mol. The van der Waals surface area contributed by atoms with Crippen LogP contribution in [0, 0.1) is 0 Å². The molecule has 3 N–H and O–H groups in total. The molecule has 7 nitrogen and oxygen atoms in total. The number of hydrogen-bond acceptors (Lipinski definition) is 5. The third kappa shape index (κ3) is 5.78. The van der Waals surface area contributed by atoms with Crippen molar-refractivity contribution in [3.05, 3.63) is 59.1 Å². The summed E-state index contributed by atoms with van der Waals surface area (Å²) in [4.78, 5) is 12.1. The molecule has 1 heterocycles. The van der Waals surface area contributed by atoms with Gasteiger partial charge in [0, 0.05) is 22.3 Å². The van der Waals surface area contributed by atoms with E-state index < -0.39 is 0 Å². The van der Waals surface area contributed by atoms with E-state index in [1.54, 1.807) is 0 Å². The number of hydrogen-bond donors (Lipinski definition) is 3. The number of amides is 1. The highest BCUT2D eigenvalue weighted by Crippen LogP contribution is 2.28. The van der Waals surface area contributed by atoms with E-state index >= 15 is 0 Å². The largest absolute Gasteiger partial charge is 0.362 e. The van der Waals surface area contributed by atoms with Gasteiger partial charge in [0.25, 0.3) is 0 Å². The van der Waals surface area contributed by atoms with Gasteiger partial charge in [0.15, 0.2) is 16.1 Å². The lowest BCUT2D eigenvalue weighted by Gasteiger charge is -2.11. The van der Waals surface area contributed by atoms with Crippen molar-refractivity contribution in [2.75, 3.05) is 12.3 Å². The molecule has 0 atom stereocenters. The molecule has 3 rings (SSSR count). The predicted molar refractivity (Wildman–Crippen MR) is 123 cm³/mol. The Kier molecular flexibility index (Phi) is 7.62. The molecule has 0 aliphatic carbocycles. The molecule has 1 amide bonds. The maximum absolute atomic E-state index is 12.1. The molecule has 0 saturated carbocycles. The van der Waals surface area contributed by atoms with Crippen LogP contribution in [0.5, 0.6) is 0 Å². The van der Waals surface area contributed by atoms with E-state index in [0.717, 1.165) is 15.7 Å². The van der Waals surface area contributed by atoms with Crippen LogP contribution in [0.2, 0.25) is 0 Å². The molecule has 1 aromatic heterocycles. The van der Waals surface area contributed by atoms with Gasteiger partial charge in [0.05, 0.1) is 5.75 Å². The van der Waals surface area contributed by atoms with Gasteiger partial charge in [-0.15, -0.1) is 10.2 Å². The fraction of sp³-hybridized carbons (Fsp3) is 0.158. The molecule has 0 aliphatic heterocycles. The molecule has 0 unspecified atom stereocenters. The molecular weight excluding hydrogens is 472 g/mol. The number of nitrogens with one attached hydrogen (secondary N) is 3. The van der Waals surface area contributed by atoms with Crippen LogP contribution in [0.1, 0.15) is 6.92 Å². The van der Waals surface area contributed by atoms with Crippen molar-refractivity contribution in [3.63, 3.8) is 0 Å². The molecule has 0 aliphatic rings. The number of thiocarbonyl (C=S) groups is 1. The Morgan fingerprint density at radius 1 is 1.10 bits per heavy atom. The lowest BCUT2D eigenvalue weighted by molar-refractivity contribution is -0.119. The van der Waals surface area contributed by atoms with Gasteiger partial charge >= 0.3 is 0 Å². The molecule has 29 heavy (non-hydrogen) atoms. The standard InChI is InChI=1S/C19H19BrN6OS2/c1-2-21-18(28)24-22-16(27)12-29-19-25-23-17(13-6-4-3-5-7-13)26(19)15-10-8-14(20)9-11-15/h3-11H,2,12H2,1H3,(H,22,27)(H2,21,24,28). The number of aromatic nitrogens is 3. The van der Waals surface area contributed by atoms with Crippen molar-refractivity contribution >= 4 is 50.9 Å². The van der Waals surface area contributed by atoms with Crippen molar-refractivity contribution in [2.24, 2.45) is 0 Å². The first kappa shape index (κ1) is 21.3. The molecule has 0 bridgehead atoms. The Bertz CT molecular complexity index is 978. The summed E-state index contributed by atoms with van der Waals surface area (Å²) in [6.07, 6.45) is 0. The quantitative estimate of drug-likeness (QED) is 0.277. The number of benzene rings is 2. The van der Waals surface area contributed by atoms with Crippen molar-refractivity contribution in [3.8, 4) is 17.1 Å². The zero-order valence-corrected chi connectivity index (χ0v) is 18.8. The van der Waals surface area contributed by atoms with E-state index in [1.807, 2.05) is 66.1 Å². The summed E-state index contributed by atoms with van der Waals surface area (Å²) in [6, 6.07) is 17.7. The molecule has 150 valence electrons. The Balaban J connectivity index is 1.80. The van der Waals surface area contributed by atoms with Gasteiger partial charge in [-0.3, -0.25) is 20.2 Å². The lowest BCUT2D eigenvalue weighted by atomic mass is 10.2. The lowest BCUT2D eigenvalue weighted by Crippen LogP contribution is -2.47. The number of hydrazine groups is 1. The highest BCUT2D eigenvalue weighted by atomic mass is 79.9. The van der Waals surface area contributed by atoms with E-state index in [4.69, 9.17) is 12.2 Å². The van der Waals surface area contributed by atoms with Crippen LogP contribution in [0.4, 0.5) is 0 Å². The van der Waals surface area contributed by atoms with E-state index in [-0.39, 0.29) is 11.7 Å². The first-order valence-corrected chi connectivity index (χ1v) is 11.0. The molecule has 0 saturated heterocycles. The number of nitrogens with zero attached hydrogens (tertiary/aromatic N) is 3. The third-order valence-electron chi connectivity index (χ3n) is 3.74. The molecular formula is C19H19BrN6OS2. The van der Waals surface area contributed by atoms with E-state index in [2.05, 4.69) is 42.3 Å². The van der Waals surface area contributed by atoms with Crippen LogP contribution < -0.4 is 16.2 Å². The topological polar surface area (TPSA) is 83.9 Å². The highest BCUT2D eigenvalue weighted by Gasteiger charge is 2.17. The van der Waals surface area contributed by atoms with Crippen LogP contribution in [-0.4, -0.2) is 38.1 Å². The Labute approximate surface area is 186 Å². The average Bonchev–Trinajstić information content (AvgIpc) is 3.16. The minimum atomic E-state index is -0.220.